The third-order valence-corrected chi connectivity index (χ3v) is 7.55. The number of halogens is 1. The van der Waals surface area contributed by atoms with Crippen molar-refractivity contribution in [1.29, 1.82) is 0 Å². The molecule has 0 aliphatic carbocycles. The Morgan fingerprint density at radius 1 is 1.03 bits per heavy atom. The van der Waals surface area contributed by atoms with Gasteiger partial charge in [0.05, 0.1) is 18.6 Å². The molecule has 0 N–H and O–H groups in total. The Balaban J connectivity index is 1.36. The van der Waals surface area contributed by atoms with E-state index in [0.29, 0.717) is 37.6 Å². The van der Waals surface area contributed by atoms with E-state index >= 15 is 0 Å². The van der Waals surface area contributed by atoms with Gasteiger partial charge in [0.1, 0.15) is 11.4 Å². The standard InChI is InChI=1S/C21H22BrN3O4S/c1-28-18-6-2-16(3-7-18)21-14-19(29-23-21)15-24-10-12-25(13-11-24)30(26,27)20-8-4-17(22)5-9-20/h2-9,14H,10-13,15H2,1H3. The van der Waals surface area contributed by atoms with Gasteiger partial charge in [-0.3, -0.25) is 4.90 Å². The van der Waals surface area contributed by atoms with Crippen molar-refractivity contribution in [1.82, 2.24) is 14.4 Å². The van der Waals surface area contributed by atoms with Gasteiger partial charge in [-0.2, -0.15) is 4.31 Å². The van der Waals surface area contributed by atoms with Crippen LogP contribution in [0, 0.1) is 0 Å². The molecule has 1 aliphatic heterocycles. The van der Waals surface area contributed by atoms with Crippen LogP contribution in [0.25, 0.3) is 11.3 Å². The third kappa shape index (κ3) is 4.59. The third-order valence-electron chi connectivity index (χ3n) is 5.11. The lowest BCUT2D eigenvalue weighted by molar-refractivity contribution is 0.166. The summed E-state index contributed by atoms with van der Waals surface area (Å²) in [5.74, 6) is 1.54. The molecule has 2 heterocycles. The zero-order valence-electron chi connectivity index (χ0n) is 16.5. The fraction of sp³-hybridized carbons (Fsp3) is 0.286. The van der Waals surface area contributed by atoms with Crippen molar-refractivity contribution in [2.75, 3.05) is 33.3 Å². The Labute approximate surface area is 184 Å². The summed E-state index contributed by atoms with van der Waals surface area (Å²) >= 11 is 3.34. The van der Waals surface area contributed by atoms with E-state index in [1.807, 2.05) is 30.3 Å². The maximum atomic E-state index is 12.8. The molecule has 1 aliphatic rings. The van der Waals surface area contributed by atoms with Gasteiger partial charge in [0.25, 0.3) is 0 Å². The molecule has 9 heteroatoms. The number of ether oxygens (including phenoxy) is 1. The zero-order valence-corrected chi connectivity index (χ0v) is 18.9. The largest absolute Gasteiger partial charge is 0.497 e. The Morgan fingerprint density at radius 2 is 1.70 bits per heavy atom. The molecule has 0 bridgehead atoms. The number of hydrogen-bond donors (Lipinski definition) is 0. The van der Waals surface area contributed by atoms with E-state index in [1.165, 1.54) is 4.31 Å². The van der Waals surface area contributed by atoms with Crippen LogP contribution in [-0.2, 0) is 16.6 Å². The molecule has 1 fully saturated rings. The van der Waals surface area contributed by atoms with E-state index in [4.69, 9.17) is 9.26 Å². The van der Waals surface area contributed by atoms with Crippen LogP contribution < -0.4 is 4.74 Å². The van der Waals surface area contributed by atoms with E-state index in [2.05, 4.69) is 26.0 Å². The molecule has 1 aromatic heterocycles. The highest BCUT2D eigenvalue weighted by Crippen LogP contribution is 2.24. The van der Waals surface area contributed by atoms with Crippen molar-refractivity contribution in [3.63, 3.8) is 0 Å². The fourth-order valence-corrected chi connectivity index (χ4v) is 5.08. The summed E-state index contributed by atoms with van der Waals surface area (Å²) in [6.07, 6.45) is 0. The average Bonchev–Trinajstić information content (AvgIpc) is 3.23. The highest BCUT2D eigenvalue weighted by molar-refractivity contribution is 9.10. The first-order chi connectivity index (χ1) is 14.5. The van der Waals surface area contributed by atoms with Gasteiger partial charge in [0, 0.05) is 42.3 Å². The van der Waals surface area contributed by atoms with Crippen molar-refractivity contribution >= 4 is 26.0 Å². The van der Waals surface area contributed by atoms with Crippen LogP contribution >= 0.6 is 15.9 Å². The van der Waals surface area contributed by atoms with Crippen molar-refractivity contribution in [2.45, 2.75) is 11.4 Å². The van der Waals surface area contributed by atoms with E-state index in [1.54, 1.807) is 31.4 Å². The molecule has 0 amide bonds. The molecule has 0 saturated carbocycles. The minimum atomic E-state index is -3.47. The van der Waals surface area contributed by atoms with Crippen molar-refractivity contribution < 1.29 is 17.7 Å². The highest BCUT2D eigenvalue weighted by Gasteiger charge is 2.28. The predicted octanol–water partition coefficient (Wildman–Crippen LogP) is 3.62. The number of nitrogens with zero attached hydrogens (tertiary/aromatic N) is 3. The van der Waals surface area contributed by atoms with E-state index in [9.17, 15) is 8.42 Å². The van der Waals surface area contributed by atoms with Crippen molar-refractivity contribution in [3.8, 4) is 17.0 Å². The topological polar surface area (TPSA) is 75.9 Å². The van der Waals surface area contributed by atoms with Gasteiger partial charge >= 0.3 is 0 Å². The molecule has 0 atom stereocenters. The second-order valence-corrected chi connectivity index (χ2v) is 9.89. The number of rotatable bonds is 6. The number of methoxy groups -OCH3 is 1. The van der Waals surface area contributed by atoms with E-state index in [0.717, 1.165) is 27.2 Å². The Kier molecular flexibility index (Phi) is 6.24. The van der Waals surface area contributed by atoms with Gasteiger partial charge in [-0.15, -0.1) is 0 Å². The summed E-state index contributed by atoms with van der Waals surface area (Å²) in [5.41, 5.74) is 1.72. The van der Waals surface area contributed by atoms with Crippen LogP contribution in [0.2, 0.25) is 0 Å². The van der Waals surface area contributed by atoms with Crippen LogP contribution in [0.4, 0.5) is 0 Å². The maximum absolute atomic E-state index is 12.8. The Hall–Kier alpha value is -2.20. The molecule has 3 aromatic rings. The predicted molar refractivity (Wildman–Crippen MR) is 117 cm³/mol. The molecule has 1 saturated heterocycles. The van der Waals surface area contributed by atoms with Gasteiger partial charge in [-0.05, 0) is 48.5 Å². The number of sulfonamides is 1. The highest BCUT2D eigenvalue weighted by atomic mass is 79.9. The second-order valence-electron chi connectivity index (χ2n) is 7.04. The first kappa shape index (κ1) is 21.0. The first-order valence-electron chi connectivity index (χ1n) is 9.54. The van der Waals surface area contributed by atoms with E-state index in [-0.39, 0.29) is 0 Å². The normalized spacial score (nSPS) is 15.9. The monoisotopic (exact) mass is 491 g/mol. The second kappa shape index (κ2) is 8.89. The summed E-state index contributed by atoms with van der Waals surface area (Å²) < 4.78 is 38.7. The molecule has 158 valence electrons. The number of benzene rings is 2. The molecule has 4 rings (SSSR count). The lowest BCUT2D eigenvalue weighted by atomic mass is 10.1. The first-order valence-corrected chi connectivity index (χ1v) is 11.8. The summed E-state index contributed by atoms with van der Waals surface area (Å²) in [5, 5.41) is 4.16. The lowest BCUT2D eigenvalue weighted by Gasteiger charge is -2.33. The van der Waals surface area contributed by atoms with Crippen molar-refractivity contribution in [3.05, 3.63) is 64.8 Å². The molecule has 0 unspecified atom stereocenters. The van der Waals surface area contributed by atoms with Gasteiger partial charge in [0.15, 0.2) is 5.76 Å². The lowest BCUT2D eigenvalue weighted by Crippen LogP contribution is -2.48. The van der Waals surface area contributed by atoms with Gasteiger partial charge in [-0.25, -0.2) is 8.42 Å². The molecule has 2 aromatic carbocycles. The van der Waals surface area contributed by atoms with E-state index < -0.39 is 10.0 Å². The summed E-state index contributed by atoms with van der Waals surface area (Å²) in [6.45, 7) is 2.74. The fourth-order valence-electron chi connectivity index (χ4n) is 3.39. The SMILES string of the molecule is COc1ccc(-c2cc(CN3CCN(S(=O)(=O)c4ccc(Br)cc4)CC3)on2)cc1. The quantitative estimate of drug-likeness (QED) is 0.524. The Bertz CT molecular complexity index is 1090. The van der Waals surface area contributed by atoms with Crippen LogP contribution in [0.15, 0.2) is 68.5 Å². The van der Waals surface area contributed by atoms with Crippen molar-refractivity contribution in [2.24, 2.45) is 0 Å². The van der Waals surface area contributed by atoms with Gasteiger partial charge in [0.2, 0.25) is 10.0 Å². The van der Waals surface area contributed by atoms with Crippen LogP contribution in [0.3, 0.4) is 0 Å². The molecule has 7 nitrogen and oxygen atoms in total. The zero-order chi connectivity index (χ0) is 21.1. The molecule has 0 spiro atoms. The molecular formula is C21H22BrN3O4S. The number of aromatic nitrogens is 1. The minimum absolute atomic E-state index is 0.318. The van der Waals surface area contributed by atoms with Crippen LogP contribution in [0.5, 0.6) is 5.75 Å². The van der Waals surface area contributed by atoms with Gasteiger partial charge < -0.3 is 9.26 Å². The minimum Gasteiger partial charge on any atom is -0.497 e. The van der Waals surface area contributed by atoms with Crippen LogP contribution in [-0.4, -0.2) is 56.1 Å². The average molecular weight is 492 g/mol. The number of hydrogen-bond acceptors (Lipinski definition) is 6. The summed E-state index contributed by atoms with van der Waals surface area (Å²) in [6, 6.07) is 16.3. The molecular weight excluding hydrogens is 470 g/mol. The molecule has 0 radical (unpaired) electrons. The number of piperazine rings is 1. The summed E-state index contributed by atoms with van der Waals surface area (Å²) in [4.78, 5) is 2.49. The Morgan fingerprint density at radius 3 is 2.33 bits per heavy atom. The molecule has 30 heavy (non-hydrogen) atoms. The van der Waals surface area contributed by atoms with Crippen LogP contribution in [0.1, 0.15) is 5.76 Å². The van der Waals surface area contributed by atoms with Gasteiger partial charge in [-0.1, -0.05) is 21.1 Å². The smallest absolute Gasteiger partial charge is 0.243 e. The summed E-state index contributed by atoms with van der Waals surface area (Å²) in [7, 11) is -1.84. The maximum Gasteiger partial charge on any atom is 0.243 e.